The van der Waals surface area contributed by atoms with E-state index in [9.17, 15) is 8.78 Å². The van der Waals surface area contributed by atoms with E-state index in [1.165, 1.54) is 6.08 Å². The third-order valence-corrected chi connectivity index (χ3v) is 0.717. The van der Waals surface area contributed by atoms with E-state index >= 15 is 0 Å². The van der Waals surface area contributed by atoms with Gasteiger partial charge in [0, 0.05) is 6.42 Å². The highest BCUT2D eigenvalue weighted by Crippen LogP contribution is 1.99. The molecule has 0 nitrogen and oxygen atoms in total. The first kappa shape index (κ1) is 7.60. The molecule has 48 valence electrons. The van der Waals surface area contributed by atoms with E-state index in [1.807, 2.05) is 6.92 Å². The molecule has 8 heavy (non-hydrogen) atoms. The van der Waals surface area contributed by atoms with Gasteiger partial charge in [0.25, 0.3) is 0 Å². The summed E-state index contributed by atoms with van der Waals surface area (Å²) in [6.45, 7) is 1.92. The van der Waals surface area contributed by atoms with Gasteiger partial charge in [0.05, 0.1) is 0 Å². The van der Waals surface area contributed by atoms with Crippen molar-refractivity contribution in [2.45, 2.75) is 26.2 Å². The summed E-state index contributed by atoms with van der Waals surface area (Å²) in [5.41, 5.74) is 0. The minimum Gasteiger partial charge on any atom is -0.210 e. The van der Waals surface area contributed by atoms with Gasteiger partial charge in [-0.15, -0.1) is 0 Å². The Morgan fingerprint density at radius 3 is 2.38 bits per heavy atom. The van der Waals surface area contributed by atoms with Gasteiger partial charge in [-0.25, -0.2) is 8.78 Å². The standard InChI is InChI=1S/C6H10F2/c1-2-3-4-5-6(7)8/h3-4,6H,2,5H2,1H3/b4-3+. The highest BCUT2D eigenvalue weighted by atomic mass is 19.3. The molecule has 0 aliphatic rings. The van der Waals surface area contributed by atoms with Crippen molar-refractivity contribution in [3.05, 3.63) is 12.2 Å². The number of rotatable bonds is 3. The topological polar surface area (TPSA) is 0 Å². The molecule has 2 heteroatoms. The van der Waals surface area contributed by atoms with Crippen LogP contribution in [0.4, 0.5) is 8.78 Å². The van der Waals surface area contributed by atoms with Crippen molar-refractivity contribution in [2.24, 2.45) is 0 Å². The van der Waals surface area contributed by atoms with Crippen LogP contribution in [0.5, 0.6) is 0 Å². The lowest BCUT2D eigenvalue weighted by Gasteiger charge is -1.87. The maximum absolute atomic E-state index is 11.3. The zero-order valence-corrected chi connectivity index (χ0v) is 4.90. The molecule has 0 heterocycles. The molecule has 0 spiro atoms. The first-order chi connectivity index (χ1) is 3.77. The van der Waals surface area contributed by atoms with E-state index in [0.29, 0.717) is 0 Å². The number of alkyl halides is 2. The first-order valence-electron chi connectivity index (χ1n) is 2.70. The van der Waals surface area contributed by atoms with E-state index < -0.39 is 6.43 Å². The van der Waals surface area contributed by atoms with Crippen LogP contribution in [0, 0.1) is 0 Å². The van der Waals surface area contributed by atoms with Gasteiger partial charge < -0.3 is 0 Å². The number of allylic oxidation sites excluding steroid dienone is 2. The molecule has 0 aliphatic carbocycles. The van der Waals surface area contributed by atoms with Crippen LogP contribution in [0.2, 0.25) is 0 Å². The molecule has 0 saturated heterocycles. The van der Waals surface area contributed by atoms with Crippen LogP contribution >= 0.6 is 0 Å². The summed E-state index contributed by atoms with van der Waals surface area (Å²) in [5, 5.41) is 0. The van der Waals surface area contributed by atoms with E-state index in [2.05, 4.69) is 0 Å². The summed E-state index contributed by atoms with van der Waals surface area (Å²) in [6.07, 6.45) is 1.80. The Bertz CT molecular complexity index is 66.9. The molecule has 0 unspecified atom stereocenters. The Labute approximate surface area is 48.2 Å². The predicted octanol–water partition coefficient (Wildman–Crippen LogP) is 2.61. The second-order valence-electron chi connectivity index (χ2n) is 1.51. The minimum absolute atomic E-state index is 0.103. The van der Waals surface area contributed by atoms with E-state index in [4.69, 9.17) is 0 Å². The third kappa shape index (κ3) is 5.60. The van der Waals surface area contributed by atoms with Crippen LogP contribution in [0.3, 0.4) is 0 Å². The second-order valence-corrected chi connectivity index (χ2v) is 1.51. The molecule has 0 atom stereocenters. The third-order valence-electron chi connectivity index (χ3n) is 0.717. The molecule has 0 bridgehead atoms. The maximum Gasteiger partial charge on any atom is 0.242 e. The zero-order chi connectivity index (χ0) is 6.41. The lowest BCUT2D eigenvalue weighted by molar-refractivity contribution is 0.152. The molecule has 0 amide bonds. The largest absolute Gasteiger partial charge is 0.242 e. The predicted molar refractivity (Wildman–Crippen MR) is 30.1 cm³/mol. The van der Waals surface area contributed by atoms with Gasteiger partial charge in [-0.3, -0.25) is 0 Å². The average molecular weight is 120 g/mol. The van der Waals surface area contributed by atoms with Crippen molar-refractivity contribution in [3.63, 3.8) is 0 Å². The first-order valence-corrected chi connectivity index (χ1v) is 2.70. The smallest absolute Gasteiger partial charge is 0.210 e. The van der Waals surface area contributed by atoms with Gasteiger partial charge in [-0.05, 0) is 6.42 Å². The average Bonchev–Trinajstić information content (AvgIpc) is 1.66. The fourth-order valence-electron chi connectivity index (χ4n) is 0.366. The maximum atomic E-state index is 11.3. The highest BCUT2D eigenvalue weighted by Gasteiger charge is 1.94. The normalized spacial score (nSPS) is 11.5. The Morgan fingerprint density at radius 1 is 1.38 bits per heavy atom. The Hall–Kier alpha value is -0.400. The number of hydrogen-bond acceptors (Lipinski definition) is 0. The van der Waals surface area contributed by atoms with Gasteiger partial charge in [0.15, 0.2) is 0 Å². The summed E-state index contributed by atoms with van der Waals surface area (Å²) in [5.74, 6) is 0. The van der Waals surface area contributed by atoms with Gasteiger partial charge in [0.1, 0.15) is 0 Å². The summed E-state index contributed by atoms with van der Waals surface area (Å²) in [4.78, 5) is 0. The summed E-state index contributed by atoms with van der Waals surface area (Å²) >= 11 is 0. The molecular formula is C6H10F2. The van der Waals surface area contributed by atoms with Crippen LogP contribution in [-0.2, 0) is 0 Å². The Morgan fingerprint density at radius 2 is 2.00 bits per heavy atom. The van der Waals surface area contributed by atoms with Crippen molar-refractivity contribution < 1.29 is 8.78 Å². The fourth-order valence-corrected chi connectivity index (χ4v) is 0.366. The molecule has 0 aromatic heterocycles. The van der Waals surface area contributed by atoms with E-state index in [-0.39, 0.29) is 6.42 Å². The monoisotopic (exact) mass is 120 g/mol. The van der Waals surface area contributed by atoms with Gasteiger partial charge in [-0.1, -0.05) is 19.1 Å². The molecule has 0 aromatic carbocycles. The number of hydrogen-bond donors (Lipinski definition) is 0. The van der Waals surface area contributed by atoms with Gasteiger partial charge in [-0.2, -0.15) is 0 Å². The molecule has 0 saturated carbocycles. The van der Waals surface area contributed by atoms with Gasteiger partial charge >= 0.3 is 0 Å². The van der Waals surface area contributed by atoms with Crippen molar-refractivity contribution in [3.8, 4) is 0 Å². The number of halogens is 2. The van der Waals surface area contributed by atoms with Gasteiger partial charge in [0.2, 0.25) is 6.43 Å². The van der Waals surface area contributed by atoms with Crippen LogP contribution in [0.15, 0.2) is 12.2 Å². The summed E-state index contributed by atoms with van der Waals surface area (Å²) < 4.78 is 22.6. The van der Waals surface area contributed by atoms with Crippen molar-refractivity contribution in [1.29, 1.82) is 0 Å². The molecule has 0 fully saturated rings. The lowest BCUT2D eigenvalue weighted by atomic mass is 10.3. The zero-order valence-electron chi connectivity index (χ0n) is 4.90. The van der Waals surface area contributed by atoms with Crippen molar-refractivity contribution in [1.82, 2.24) is 0 Å². The van der Waals surface area contributed by atoms with Crippen LogP contribution in [0.1, 0.15) is 19.8 Å². The van der Waals surface area contributed by atoms with Crippen molar-refractivity contribution >= 4 is 0 Å². The molecule has 0 radical (unpaired) electrons. The molecule has 0 rings (SSSR count). The fraction of sp³-hybridized carbons (Fsp3) is 0.667. The minimum atomic E-state index is -2.18. The quantitative estimate of drug-likeness (QED) is 0.502. The Kier molecular flexibility index (Phi) is 4.51. The highest BCUT2D eigenvalue weighted by molar-refractivity contribution is 4.80. The summed E-state index contributed by atoms with van der Waals surface area (Å²) in [6, 6.07) is 0. The molecule has 0 N–H and O–H groups in total. The van der Waals surface area contributed by atoms with Crippen LogP contribution in [0.25, 0.3) is 0 Å². The lowest BCUT2D eigenvalue weighted by Crippen LogP contribution is -1.83. The second kappa shape index (κ2) is 4.75. The Balaban J connectivity index is 3.03. The molecule has 0 aromatic rings. The summed E-state index contributed by atoms with van der Waals surface area (Å²) in [7, 11) is 0. The van der Waals surface area contributed by atoms with E-state index in [0.717, 1.165) is 6.42 Å². The van der Waals surface area contributed by atoms with Crippen molar-refractivity contribution in [2.75, 3.05) is 0 Å². The van der Waals surface area contributed by atoms with Crippen LogP contribution < -0.4 is 0 Å². The SMILES string of the molecule is CC/C=C/CC(F)F. The van der Waals surface area contributed by atoms with Crippen LogP contribution in [-0.4, -0.2) is 6.43 Å². The van der Waals surface area contributed by atoms with E-state index in [1.54, 1.807) is 6.08 Å². The molecule has 0 aliphatic heterocycles. The molecular weight excluding hydrogens is 110 g/mol.